The standard InChI is InChI=1S/C22H20N4O2S/c1-14(2)21-25-26-19(23)18(20(27)24-22(26)29-21)12-15-8-10-17(11-9-15)28-13-16-6-4-3-5-7-16/h3-12,14,23H,13H2,1-2H3. The lowest BCUT2D eigenvalue weighted by atomic mass is 10.1. The number of aliphatic imine (C=N–C) groups is 1. The predicted octanol–water partition coefficient (Wildman–Crippen LogP) is 4.54. The Labute approximate surface area is 173 Å². The molecule has 29 heavy (non-hydrogen) atoms. The summed E-state index contributed by atoms with van der Waals surface area (Å²) in [5.74, 6) is 0.585. The smallest absolute Gasteiger partial charge is 0.283 e. The lowest BCUT2D eigenvalue weighted by Crippen LogP contribution is -2.35. The van der Waals surface area contributed by atoms with Gasteiger partial charge in [0.2, 0.25) is 5.17 Å². The van der Waals surface area contributed by atoms with Crippen molar-refractivity contribution in [3.8, 4) is 5.75 Å². The van der Waals surface area contributed by atoms with E-state index < -0.39 is 5.91 Å². The number of nitrogens with one attached hydrogen (secondary N) is 1. The molecule has 2 aromatic carbocycles. The molecular formula is C22H20N4O2S. The number of ether oxygens (including phenoxy) is 1. The molecule has 0 unspecified atom stereocenters. The molecule has 2 aliphatic heterocycles. The van der Waals surface area contributed by atoms with Crippen LogP contribution in [0.4, 0.5) is 0 Å². The molecule has 2 heterocycles. The zero-order chi connectivity index (χ0) is 20.4. The molecule has 146 valence electrons. The Morgan fingerprint density at radius 3 is 2.55 bits per heavy atom. The van der Waals surface area contributed by atoms with Gasteiger partial charge < -0.3 is 4.74 Å². The number of nitrogens with zero attached hydrogens (tertiary/aromatic N) is 3. The maximum absolute atomic E-state index is 12.4. The lowest BCUT2D eigenvalue weighted by Gasteiger charge is -2.20. The van der Waals surface area contributed by atoms with Crippen LogP contribution in [0.1, 0.15) is 25.0 Å². The summed E-state index contributed by atoms with van der Waals surface area (Å²) in [6.07, 6.45) is 1.67. The Bertz CT molecular complexity index is 1040. The van der Waals surface area contributed by atoms with Crippen LogP contribution in [-0.2, 0) is 11.4 Å². The number of carbonyl (C=O) groups is 1. The van der Waals surface area contributed by atoms with Gasteiger partial charge >= 0.3 is 0 Å². The van der Waals surface area contributed by atoms with Gasteiger partial charge in [-0.2, -0.15) is 15.1 Å². The number of hydrogen-bond donors (Lipinski definition) is 1. The van der Waals surface area contributed by atoms with Crippen molar-refractivity contribution in [2.45, 2.75) is 20.5 Å². The van der Waals surface area contributed by atoms with Crippen LogP contribution in [0.25, 0.3) is 6.08 Å². The molecule has 1 N–H and O–H groups in total. The minimum absolute atomic E-state index is 0.0487. The summed E-state index contributed by atoms with van der Waals surface area (Å²) in [4.78, 5) is 16.5. The fourth-order valence-electron chi connectivity index (χ4n) is 2.81. The van der Waals surface area contributed by atoms with Gasteiger partial charge in [0.1, 0.15) is 17.4 Å². The van der Waals surface area contributed by atoms with Crippen molar-refractivity contribution in [3.63, 3.8) is 0 Å². The Morgan fingerprint density at radius 1 is 1.14 bits per heavy atom. The molecule has 0 fully saturated rings. The topological polar surface area (TPSA) is 78.1 Å². The fourth-order valence-corrected chi connectivity index (χ4v) is 3.70. The first-order chi connectivity index (χ1) is 14.0. The van der Waals surface area contributed by atoms with Crippen LogP contribution < -0.4 is 4.74 Å². The molecule has 0 saturated heterocycles. The summed E-state index contributed by atoms with van der Waals surface area (Å²) in [5, 5.41) is 15.6. The fraction of sp³-hybridized carbons (Fsp3) is 0.182. The third kappa shape index (κ3) is 4.14. The molecule has 2 aromatic rings. The summed E-state index contributed by atoms with van der Waals surface area (Å²) in [5.41, 5.74) is 2.11. The molecule has 0 spiro atoms. The molecule has 0 atom stereocenters. The highest BCUT2D eigenvalue weighted by Crippen LogP contribution is 2.30. The first kappa shape index (κ1) is 19.1. The number of rotatable bonds is 5. The molecule has 0 aliphatic carbocycles. The normalized spacial score (nSPS) is 17.5. The Morgan fingerprint density at radius 2 is 1.86 bits per heavy atom. The van der Waals surface area contributed by atoms with Gasteiger partial charge in [-0.05, 0) is 41.1 Å². The predicted molar refractivity (Wildman–Crippen MR) is 117 cm³/mol. The van der Waals surface area contributed by atoms with Crippen molar-refractivity contribution < 1.29 is 9.53 Å². The van der Waals surface area contributed by atoms with Gasteiger partial charge in [-0.3, -0.25) is 10.2 Å². The van der Waals surface area contributed by atoms with Gasteiger partial charge in [0.25, 0.3) is 5.91 Å². The molecular weight excluding hydrogens is 384 g/mol. The number of amidine groups is 2. The van der Waals surface area contributed by atoms with Crippen LogP contribution in [0, 0.1) is 11.3 Å². The van der Waals surface area contributed by atoms with Crippen molar-refractivity contribution in [2.75, 3.05) is 0 Å². The summed E-state index contributed by atoms with van der Waals surface area (Å²) in [6, 6.07) is 17.4. The Hall–Kier alpha value is -3.19. The maximum Gasteiger partial charge on any atom is 0.283 e. The Kier molecular flexibility index (Phi) is 5.31. The van der Waals surface area contributed by atoms with E-state index >= 15 is 0 Å². The van der Waals surface area contributed by atoms with E-state index in [-0.39, 0.29) is 17.3 Å². The first-order valence-electron chi connectivity index (χ1n) is 9.28. The van der Waals surface area contributed by atoms with Gasteiger partial charge in [-0.15, -0.1) is 0 Å². The third-order valence-corrected chi connectivity index (χ3v) is 5.61. The summed E-state index contributed by atoms with van der Waals surface area (Å²) < 4.78 is 5.79. The highest BCUT2D eigenvalue weighted by molar-refractivity contribution is 8.27. The number of benzene rings is 2. The molecule has 7 heteroatoms. The van der Waals surface area contributed by atoms with Gasteiger partial charge in [0, 0.05) is 5.92 Å². The van der Waals surface area contributed by atoms with Gasteiger partial charge in [-0.25, -0.2) is 0 Å². The SMILES string of the molecule is CC(C)C1=NN2C(=N)C(=Cc3ccc(OCc4ccccc4)cc3)C(=O)N=C2S1. The molecule has 0 saturated carbocycles. The minimum atomic E-state index is -0.418. The second kappa shape index (κ2) is 8.05. The van der Waals surface area contributed by atoms with Gasteiger partial charge in [0.15, 0.2) is 5.84 Å². The molecule has 1 amide bonds. The minimum Gasteiger partial charge on any atom is -0.489 e. The van der Waals surface area contributed by atoms with E-state index in [4.69, 9.17) is 10.1 Å². The zero-order valence-corrected chi connectivity index (χ0v) is 16.9. The quantitative estimate of drug-likeness (QED) is 0.742. The second-order valence-corrected chi connectivity index (χ2v) is 7.94. The molecule has 2 aliphatic rings. The Balaban J connectivity index is 1.49. The average molecular weight is 404 g/mol. The molecule has 0 aromatic heterocycles. The van der Waals surface area contributed by atoms with E-state index in [0.717, 1.165) is 21.9 Å². The highest BCUT2D eigenvalue weighted by atomic mass is 32.2. The van der Waals surface area contributed by atoms with Crippen LogP contribution in [0.3, 0.4) is 0 Å². The average Bonchev–Trinajstić information content (AvgIpc) is 3.16. The van der Waals surface area contributed by atoms with Crippen molar-refractivity contribution in [3.05, 3.63) is 71.3 Å². The van der Waals surface area contributed by atoms with E-state index in [1.165, 1.54) is 16.8 Å². The van der Waals surface area contributed by atoms with E-state index in [1.807, 2.05) is 68.4 Å². The van der Waals surface area contributed by atoms with Crippen LogP contribution in [0.5, 0.6) is 5.75 Å². The number of carbonyl (C=O) groups excluding carboxylic acids is 1. The van der Waals surface area contributed by atoms with E-state index in [0.29, 0.717) is 11.8 Å². The van der Waals surface area contributed by atoms with Crippen LogP contribution in [-0.4, -0.2) is 27.0 Å². The lowest BCUT2D eigenvalue weighted by molar-refractivity contribution is -0.114. The van der Waals surface area contributed by atoms with Crippen LogP contribution in [0.15, 0.2) is 70.3 Å². The van der Waals surface area contributed by atoms with Crippen molar-refractivity contribution in [1.82, 2.24) is 5.01 Å². The number of hydrazone groups is 1. The number of thioether (sulfide) groups is 1. The second-order valence-electron chi connectivity index (χ2n) is 6.96. The molecule has 0 bridgehead atoms. The van der Waals surface area contributed by atoms with Gasteiger partial charge in [-0.1, -0.05) is 56.3 Å². The van der Waals surface area contributed by atoms with Gasteiger partial charge in [0.05, 0.1) is 5.57 Å². The van der Waals surface area contributed by atoms with Crippen LogP contribution >= 0.6 is 11.8 Å². The number of hydrogen-bond acceptors (Lipinski definition) is 5. The third-order valence-electron chi connectivity index (χ3n) is 4.40. The van der Waals surface area contributed by atoms with E-state index in [9.17, 15) is 4.79 Å². The number of fused-ring (bicyclic) bond motifs is 1. The summed E-state index contributed by atoms with van der Waals surface area (Å²) >= 11 is 1.34. The largest absolute Gasteiger partial charge is 0.489 e. The summed E-state index contributed by atoms with van der Waals surface area (Å²) in [7, 11) is 0. The molecule has 0 radical (unpaired) electrons. The highest BCUT2D eigenvalue weighted by Gasteiger charge is 2.36. The van der Waals surface area contributed by atoms with Crippen LogP contribution in [0.2, 0.25) is 0 Å². The maximum atomic E-state index is 12.4. The van der Waals surface area contributed by atoms with E-state index in [1.54, 1.807) is 6.08 Å². The number of amides is 1. The zero-order valence-electron chi connectivity index (χ0n) is 16.1. The van der Waals surface area contributed by atoms with E-state index in [2.05, 4.69) is 10.1 Å². The van der Waals surface area contributed by atoms with Crippen molar-refractivity contribution >= 4 is 39.8 Å². The monoisotopic (exact) mass is 404 g/mol. The van der Waals surface area contributed by atoms with Crippen molar-refractivity contribution in [2.24, 2.45) is 16.0 Å². The summed E-state index contributed by atoms with van der Waals surface area (Å²) in [6.45, 7) is 4.54. The molecule has 6 nitrogen and oxygen atoms in total. The van der Waals surface area contributed by atoms with Crippen molar-refractivity contribution in [1.29, 1.82) is 5.41 Å². The molecule has 4 rings (SSSR count). The first-order valence-corrected chi connectivity index (χ1v) is 10.1.